The maximum absolute atomic E-state index is 12.5. The molecule has 22 heavy (non-hydrogen) atoms. The van der Waals surface area contributed by atoms with E-state index in [4.69, 9.17) is 9.47 Å². The Morgan fingerprint density at radius 1 is 1.41 bits per heavy atom. The lowest BCUT2D eigenvalue weighted by molar-refractivity contribution is -0.0428. The molecule has 0 aromatic carbocycles. The van der Waals surface area contributed by atoms with Crippen LogP contribution in [0.2, 0.25) is 0 Å². The number of ether oxygens (including phenoxy) is 2. The molecule has 0 bridgehead atoms. The third kappa shape index (κ3) is 2.83. The zero-order valence-corrected chi connectivity index (χ0v) is 13.6. The van der Waals surface area contributed by atoms with Gasteiger partial charge in [-0.05, 0) is 18.9 Å². The van der Waals surface area contributed by atoms with Gasteiger partial charge in [-0.2, -0.15) is 17.0 Å². The lowest BCUT2D eigenvalue weighted by Crippen LogP contribution is -2.47. The molecule has 8 heteroatoms. The second-order valence-corrected chi connectivity index (χ2v) is 7.82. The predicted octanol–water partition coefficient (Wildman–Crippen LogP) is 0.499. The second kappa shape index (κ2) is 6.11. The number of hydrogen-bond acceptors (Lipinski definition) is 5. The van der Waals surface area contributed by atoms with E-state index in [2.05, 4.69) is 4.98 Å². The minimum atomic E-state index is -3.49. The fourth-order valence-corrected chi connectivity index (χ4v) is 4.34. The van der Waals surface area contributed by atoms with E-state index in [9.17, 15) is 8.42 Å². The van der Waals surface area contributed by atoms with E-state index in [0.717, 1.165) is 12.8 Å². The van der Waals surface area contributed by atoms with Gasteiger partial charge in [0.05, 0.1) is 12.6 Å². The molecule has 2 aliphatic heterocycles. The molecule has 0 unspecified atom stereocenters. The first-order valence-corrected chi connectivity index (χ1v) is 8.78. The van der Waals surface area contributed by atoms with Crippen molar-refractivity contribution in [3.63, 3.8) is 0 Å². The molecule has 0 aliphatic carbocycles. The van der Waals surface area contributed by atoms with Gasteiger partial charge in [0.2, 0.25) is 5.88 Å². The Kier molecular flexibility index (Phi) is 4.35. The third-order valence-corrected chi connectivity index (χ3v) is 6.03. The van der Waals surface area contributed by atoms with Gasteiger partial charge >= 0.3 is 0 Å². The smallest absolute Gasteiger partial charge is 0.281 e. The quantitative estimate of drug-likeness (QED) is 0.805. The van der Waals surface area contributed by atoms with E-state index in [1.165, 1.54) is 8.61 Å². The number of pyridine rings is 1. The Balaban J connectivity index is 1.83. The van der Waals surface area contributed by atoms with E-state index >= 15 is 0 Å². The van der Waals surface area contributed by atoms with E-state index in [0.29, 0.717) is 12.5 Å². The van der Waals surface area contributed by atoms with Crippen molar-refractivity contribution in [2.45, 2.75) is 31.1 Å². The van der Waals surface area contributed by atoms with E-state index in [-0.39, 0.29) is 24.8 Å². The number of aromatic nitrogens is 1. The first kappa shape index (κ1) is 15.7. The molecule has 122 valence electrons. The van der Waals surface area contributed by atoms with Gasteiger partial charge in [0.1, 0.15) is 12.2 Å². The molecular formula is C14H21N3O4S. The molecule has 7 nitrogen and oxygen atoms in total. The largest absolute Gasteiger partial charge is 0.470 e. The first-order chi connectivity index (χ1) is 10.5. The Labute approximate surface area is 131 Å². The van der Waals surface area contributed by atoms with Gasteiger partial charge in [-0.25, -0.2) is 4.98 Å². The number of hydrogen-bond donors (Lipinski definition) is 0. The zero-order chi connectivity index (χ0) is 15.7. The Morgan fingerprint density at radius 3 is 2.91 bits per heavy atom. The lowest BCUT2D eigenvalue weighted by Gasteiger charge is -2.32. The van der Waals surface area contributed by atoms with Gasteiger partial charge in [-0.3, -0.25) is 0 Å². The minimum absolute atomic E-state index is 0.171. The molecular weight excluding hydrogens is 306 g/mol. The predicted molar refractivity (Wildman–Crippen MR) is 80.7 cm³/mol. The minimum Gasteiger partial charge on any atom is -0.470 e. The van der Waals surface area contributed by atoms with Crippen molar-refractivity contribution in [1.82, 2.24) is 13.6 Å². The molecule has 2 aliphatic rings. The van der Waals surface area contributed by atoms with Gasteiger partial charge in [0.25, 0.3) is 10.2 Å². The summed E-state index contributed by atoms with van der Waals surface area (Å²) in [7, 11) is -0.401. The lowest BCUT2D eigenvalue weighted by atomic mass is 10.0. The molecule has 0 spiro atoms. The summed E-state index contributed by atoms with van der Waals surface area (Å²) >= 11 is 0. The highest BCUT2D eigenvalue weighted by molar-refractivity contribution is 7.86. The van der Waals surface area contributed by atoms with Crippen LogP contribution in [0, 0.1) is 0 Å². The van der Waals surface area contributed by atoms with Crippen molar-refractivity contribution in [1.29, 1.82) is 0 Å². The van der Waals surface area contributed by atoms with Gasteiger partial charge in [0.15, 0.2) is 0 Å². The monoisotopic (exact) mass is 327 g/mol. The molecule has 2 fully saturated rings. The number of rotatable bonds is 4. The summed E-state index contributed by atoms with van der Waals surface area (Å²) in [6.45, 7) is 0.922. The topological polar surface area (TPSA) is 72.0 Å². The van der Waals surface area contributed by atoms with Crippen molar-refractivity contribution in [2.75, 3.05) is 27.2 Å². The summed E-state index contributed by atoms with van der Waals surface area (Å²) in [6, 6.07) is 5.24. The fourth-order valence-electron chi connectivity index (χ4n) is 3.02. The molecule has 3 atom stereocenters. The van der Waals surface area contributed by atoms with Crippen molar-refractivity contribution in [3.8, 4) is 5.88 Å². The Morgan fingerprint density at radius 2 is 2.23 bits per heavy atom. The van der Waals surface area contributed by atoms with Crippen LogP contribution in [0.15, 0.2) is 24.4 Å². The second-order valence-electron chi connectivity index (χ2n) is 5.73. The van der Waals surface area contributed by atoms with Crippen LogP contribution < -0.4 is 4.74 Å². The van der Waals surface area contributed by atoms with E-state index in [1.807, 2.05) is 12.1 Å². The Bertz CT molecular complexity index is 608. The van der Waals surface area contributed by atoms with Crippen LogP contribution in [0.25, 0.3) is 0 Å². The van der Waals surface area contributed by atoms with Crippen LogP contribution in [0.3, 0.4) is 0 Å². The normalized spacial score (nSPS) is 29.5. The summed E-state index contributed by atoms with van der Waals surface area (Å²) in [5, 5.41) is 0. The maximum Gasteiger partial charge on any atom is 0.281 e. The van der Waals surface area contributed by atoms with Crippen molar-refractivity contribution in [2.24, 2.45) is 0 Å². The van der Waals surface area contributed by atoms with Crippen LogP contribution in [0.5, 0.6) is 5.88 Å². The molecule has 0 N–H and O–H groups in total. The van der Waals surface area contributed by atoms with Gasteiger partial charge in [-0.15, -0.1) is 0 Å². The standard InChI is InChI=1S/C14H21N3O4S/c1-16(2)22(18,19)17-10-12(14-11(17)6-5-9-20-14)21-13-7-3-4-8-15-13/h3-4,7-8,11-12,14H,5-6,9-10H2,1-2H3/t11-,12+,14+/m0/s1. The third-order valence-electron chi connectivity index (χ3n) is 4.10. The van der Waals surface area contributed by atoms with E-state index in [1.54, 1.807) is 26.4 Å². The van der Waals surface area contributed by atoms with Gasteiger partial charge < -0.3 is 9.47 Å². The molecule has 3 rings (SSSR count). The molecule has 0 amide bonds. The van der Waals surface area contributed by atoms with Gasteiger partial charge in [0, 0.05) is 33.0 Å². The molecule has 0 radical (unpaired) electrons. The molecule has 3 heterocycles. The van der Waals surface area contributed by atoms with E-state index < -0.39 is 10.2 Å². The first-order valence-electron chi connectivity index (χ1n) is 7.39. The molecule has 2 saturated heterocycles. The summed E-state index contributed by atoms with van der Waals surface area (Å²) in [5.74, 6) is 0.490. The average Bonchev–Trinajstić information content (AvgIpc) is 2.88. The number of nitrogens with zero attached hydrogens (tertiary/aromatic N) is 3. The summed E-state index contributed by atoms with van der Waals surface area (Å²) in [6.07, 6.45) is 2.72. The zero-order valence-electron chi connectivity index (χ0n) is 12.8. The van der Waals surface area contributed by atoms with Crippen molar-refractivity contribution < 1.29 is 17.9 Å². The van der Waals surface area contributed by atoms with Crippen LogP contribution in [-0.4, -0.2) is 67.5 Å². The maximum atomic E-state index is 12.5. The fraction of sp³-hybridized carbons (Fsp3) is 0.643. The van der Waals surface area contributed by atoms with Crippen molar-refractivity contribution >= 4 is 10.2 Å². The van der Waals surface area contributed by atoms with Gasteiger partial charge in [-0.1, -0.05) is 6.07 Å². The summed E-state index contributed by atoms with van der Waals surface area (Å²) < 4.78 is 39.5. The summed E-state index contributed by atoms with van der Waals surface area (Å²) in [4.78, 5) is 4.15. The molecule has 1 aromatic rings. The average molecular weight is 327 g/mol. The highest BCUT2D eigenvalue weighted by Crippen LogP contribution is 2.33. The van der Waals surface area contributed by atoms with Crippen LogP contribution in [0.4, 0.5) is 0 Å². The SMILES string of the molecule is CN(C)S(=O)(=O)N1C[C@@H](Oc2ccccn2)[C@@H]2OCCC[C@@H]21. The van der Waals surface area contributed by atoms with Crippen LogP contribution in [0.1, 0.15) is 12.8 Å². The number of fused-ring (bicyclic) bond motifs is 1. The Hall–Kier alpha value is -1.22. The van der Waals surface area contributed by atoms with Crippen molar-refractivity contribution in [3.05, 3.63) is 24.4 Å². The molecule has 1 aromatic heterocycles. The van der Waals surface area contributed by atoms with Crippen LogP contribution in [-0.2, 0) is 14.9 Å². The molecule has 0 saturated carbocycles. The highest BCUT2D eigenvalue weighted by Gasteiger charge is 2.50. The highest BCUT2D eigenvalue weighted by atomic mass is 32.2. The summed E-state index contributed by atoms with van der Waals surface area (Å²) in [5.41, 5.74) is 0. The van der Waals surface area contributed by atoms with Crippen LogP contribution >= 0.6 is 0 Å².